The van der Waals surface area contributed by atoms with E-state index in [2.05, 4.69) is 0 Å². The Labute approximate surface area is 97.6 Å². The predicted molar refractivity (Wildman–Crippen MR) is 61.5 cm³/mol. The molecule has 0 saturated heterocycles. The average molecular weight is 235 g/mol. The van der Waals surface area contributed by atoms with Gasteiger partial charge in [-0.15, -0.1) is 0 Å². The van der Waals surface area contributed by atoms with Crippen LogP contribution in [0.15, 0.2) is 42.5 Å². The van der Waals surface area contributed by atoms with Crippen molar-refractivity contribution in [1.82, 2.24) is 0 Å². The third kappa shape index (κ3) is 2.72. The number of nitrogen functional groups attached to an aromatic ring is 1. The van der Waals surface area contributed by atoms with Crippen LogP contribution in [0.1, 0.15) is 5.56 Å². The minimum absolute atomic E-state index is 0.104. The van der Waals surface area contributed by atoms with E-state index in [0.717, 1.165) is 23.8 Å². The molecule has 0 aliphatic rings. The Hall–Kier alpha value is -2.10. The van der Waals surface area contributed by atoms with Crippen molar-refractivity contribution in [3.05, 3.63) is 59.7 Å². The van der Waals surface area contributed by atoms with Crippen LogP contribution >= 0.6 is 0 Å². The van der Waals surface area contributed by atoms with Gasteiger partial charge in [0.1, 0.15) is 12.4 Å². The van der Waals surface area contributed by atoms with Crippen LogP contribution in [0.3, 0.4) is 0 Å². The SMILES string of the molecule is Nc1ccccc1COc1cc(F)ccc1F. The molecule has 0 bridgehead atoms. The van der Waals surface area contributed by atoms with Gasteiger partial charge in [-0.2, -0.15) is 0 Å². The number of ether oxygens (including phenoxy) is 1. The molecule has 0 atom stereocenters. The van der Waals surface area contributed by atoms with Crippen molar-refractivity contribution < 1.29 is 13.5 Å². The second-order valence-corrected chi connectivity index (χ2v) is 3.56. The molecule has 0 fully saturated rings. The standard InChI is InChI=1S/C13H11F2NO/c14-10-5-6-11(15)13(7-10)17-8-9-3-1-2-4-12(9)16/h1-7H,8,16H2. The van der Waals surface area contributed by atoms with E-state index in [-0.39, 0.29) is 12.4 Å². The highest BCUT2D eigenvalue weighted by molar-refractivity contribution is 5.46. The first-order valence-corrected chi connectivity index (χ1v) is 5.08. The van der Waals surface area contributed by atoms with E-state index in [9.17, 15) is 8.78 Å². The minimum atomic E-state index is -0.596. The maximum absolute atomic E-state index is 13.2. The molecule has 0 radical (unpaired) electrons. The van der Waals surface area contributed by atoms with Gasteiger partial charge in [-0.25, -0.2) is 8.78 Å². The summed E-state index contributed by atoms with van der Waals surface area (Å²) in [6.07, 6.45) is 0. The molecule has 2 aromatic carbocycles. The topological polar surface area (TPSA) is 35.2 Å². The van der Waals surface area contributed by atoms with Crippen molar-refractivity contribution in [2.45, 2.75) is 6.61 Å². The van der Waals surface area contributed by atoms with Crippen LogP contribution in [0, 0.1) is 11.6 Å². The molecule has 0 heterocycles. The molecule has 17 heavy (non-hydrogen) atoms. The second-order valence-electron chi connectivity index (χ2n) is 3.56. The fraction of sp³-hybridized carbons (Fsp3) is 0.0769. The lowest BCUT2D eigenvalue weighted by Crippen LogP contribution is -2.01. The molecule has 0 saturated carbocycles. The summed E-state index contributed by atoms with van der Waals surface area (Å²) in [7, 11) is 0. The Bertz CT molecular complexity index is 529. The molecular weight excluding hydrogens is 224 g/mol. The van der Waals surface area contributed by atoms with Gasteiger partial charge in [0.25, 0.3) is 0 Å². The van der Waals surface area contributed by atoms with Gasteiger partial charge in [-0.1, -0.05) is 18.2 Å². The Morgan fingerprint density at radius 2 is 1.82 bits per heavy atom. The van der Waals surface area contributed by atoms with Crippen molar-refractivity contribution >= 4 is 5.69 Å². The highest BCUT2D eigenvalue weighted by Gasteiger charge is 2.06. The zero-order chi connectivity index (χ0) is 12.3. The number of nitrogens with two attached hydrogens (primary N) is 1. The van der Waals surface area contributed by atoms with Crippen LogP contribution in [0.2, 0.25) is 0 Å². The summed E-state index contributed by atoms with van der Waals surface area (Å²) in [6.45, 7) is 0.104. The number of benzene rings is 2. The van der Waals surface area contributed by atoms with E-state index >= 15 is 0 Å². The first-order valence-electron chi connectivity index (χ1n) is 5.08. The lowest BCUT2D eigenvalue weighted by Gasteiger charge is -2.09. The largest absolute Gasteiger partial charge is 0.486 e. The van der Waals surface area contributed by atoms with Crippen LogP contribution in [-0.2, 0) is 6.61 Å². The molecule has 0 aliphatic heterocycles. The molecule has 2 rings (SSSR count). The van der Waals surface area contributed by atoms with Crippen molar-refractivity contribution in [2.75, 3.05) is 5.73 Å². The maximum Gasteiger partial charge on any atom is 0.165 e. The summed E-state index contributed by atoms with van der Waals surface area (Å²) in [6, 6.07) is 10.2. The van der Waals surface area contributed by atoms with Crippen LogP contribution in [0.25, 0.3) is 0 Å². The Balaban J connectivity index is 2.12. The number of halogens is 2. The minimum Gasteiger partial charge on any atom is -0.486 e. The molecule has 0 aliphatic carbocycles. The van der Waals surface area contributed by atoms with Crippen LogP contribution < -0.4 is 10.5 Å². The summed E-state index contributed by atoms with van der Waals surface area (Å²) in [5, 5.41) is 0. The van der Waals surface area contributed by atoms with Gasteiger partial charge in [-0.3, -0.25) is 0 Å². The van der Waals surface area contributed by atoms with E-state index in [1.165, 1.54) is 0 Å². The highest BCUT2D eigenvalue weighted by Crippen LogP contribution is 2.20. The third-order valence-electron chi connectivity index (χ3n) is 2.33. The maximum atomic E-state index is 13.2. The average Bonchev–Trinajstić information content (AvgIpc) is 2.32. The summed E-state index contributed by atoms with van der Waals surface area (Å²) in [4.78, 5) is 0. The van der Waals surface area contributed by atoms with Gasteiger partial charge >= 0.3 is 0 Å². The number of rotatable bonds is 3. The van der Waals surface area contributed by atoms with E-state index in [4.69, 9.17) is 10.5 Å². The lowest BCUT2D eigenvalue weighted by atomic mass is 10.2. The summed E-state index contributed by atoms with van der Waals surface area (Å²) < 4.78 is 31.3. The quantitative estimate of drug-likeness (QED) is 0.829. The number of hydrogen-bond donors (Lipinski definition) is 1. The summed E-state index contributed by atoms with van der Waals surface area (Å²) in [5.41, 5.74) is 7.00. The van der Waals surface area contributed by atoms with Gasteiger partial charge in [0.15, 0.2) is 11.6 Å². The van der Waals surface area contributed by atoms with Gasteiger partial charge in [-0.05, 0) is 18.2 Å². The molecular formula is C13H11F2NO. The number of para-hydroxylation sites is 1. The zero-order valence-corrected chi connectivity index (χ0v) is 8.99. The first-order chi connectivity index (χ1) is 8.16. The van der Waals surface area contributed by atoms with Crippen LogP contribution in [0.5, 0.6) is 5.75 Å². The normalized spacial score (nSPS) is 10.2. The number of hydrogen-bond acceptors (Lipinski definition) is 2. The van der Waals surface area contributed by atoms with E-state index in [1.807, 2.05) is 0 Å². The molecule has 0 spiro atoms. The third-order valence-corrected chi connectivity index (χ3v) is 2.33. The molecule has 88 valence electrons. The van der Waals surface area contributed by atoms with E-state index in [0.29, 0.717) is 5.69 Å². The fourth-order valence-electron chi connectivity index (χ4n) is 1.41. The van der Waals surface area contributed by atoms with Gasteiger partial charge in [0, 0.05) is 17.3 Å². The predicted octanol–water partition coefficient (Wildman–Crippen LogP) is 3.13. The van der Waals surface area contributed by atoms with Crippen LogP contribution in [0.4, 0.5) is 14.5 Å². The van der Waals surface area contributed by atoms with Crippen molar-refractivity contribution in [3.63, 3.8) is 0 Å². The summed E-state index contributed by atoms with van der Waals surface area (Å²) >= 11 is 0. The van der Waals surface area contributed by atoms with Crippen molar-refractivity contribution in [3.8, 4) is 5.75 Å². The summed E-state index contributed by atoms with van der Waals surface area (Å²) in [5.74, 6) is -1.25. The molecule has 0 amide bonds. The zero-order valence-electron chi connectivity index (χ0n) is 8.99. The molecule has 4 heteroatoms. The molecule has 2 nitrogen and oxygen atoms in total. The molecule has 0 unspecified atom stereocenters. The second kappa shape index (κ2) is 4.82. The van der Waals surface area contributed by atoms with E-state index in [1.54, 1.807) is 24.3 Å². The van der Waals surface area contributed by atoms with Gasteiger partial charge in [0.2, 0.25) is 0 Å². The van der Waals surface area contributed by atoms with Crippen molar-refractivity contribution in [2.24, 2.45) is 0 Å². The molecule has 2 aromatic rings. The Morgan fingerprint density at radius 1 is 1.06 bits per heavy atom. The smallest absolute Gasteiger partial charge is 0.165 e. The first kappa shape index (κ1) is 11.4. The monoisotopic (exact) mass is 235 g/mol. The highest BCUT2D eigenvalue weighted by atomic mass is 19.1. The lowest BCUT2D eigenvalue weighted by molar-refractivity contribution is 0.289. The Morgan fingerprint density at radius 3 is 2.59 bits per heavy atom. The Kier molecular flexibility index (Phi) is 3.23. The van der Waals surface area contributed by atoms with E-state index < -0.39 is 11.6 Å². The number of anilines is 1. The fourth-order valence-corrected chi connectivity index (χ4v) is 1.41. The van der Waals surface area contributed by atoms with Crippen molar-refractivity contribution in [1.29, 1.82) is 0 Å². The van der Waals surface area contributed by atoms with Crippen LogP contribution in [-0.4, -0.2) is 0 Å². The molecule has 2 N–H and O–H groups in total. The van der Waals surface area contributed by atoms with Gasteiger partial charge in [0.05, 0.1) is 0 Å². The van der Waals surface area contributed by atoms with Gasteiger partial charge < -0.3 is 10.5 Å². The molecule has 0 aromatic heterocycles.